The average Bonchev–Trinajstić information content (AvgIpc) is 3.59. The molecule has 4 amide bonds. The second-order valence-corrected chi connectivity index (χ2v) is 18.9. The number of ether oxygens (including phenoxy) is 3. The molecule has 5 heterocycles. The normalized spacial score (nSPS) is 18.6. The molecule has 2 aromatic heterocycles. The number of hydrazine groups is 1. The lowest BCUT2D eigenvalue weighted by atomic mass is 9.82. The fraction of sp³-hybridized carbons (Fsp3) is 0.451. The number of piperazine rings is 1. The Hall–Kier alpha value is -7.07. The van der Waals surface area contributed by atoms with Gasteiger partial charge in [0.1, 0.15) is 17.7 Å². The van der Waals surface area contributed by atoms with Crippen LogP contribution in [-0.4, -0.2) is 151 Å². The number of carbonyl (C=O) groups is 4. The van der Waals surface area contributed by atoms with Crippen molar-refractivity contribution in [3.05, 3.63) is 113 Å². The minimum Gasteiger partial charge on any atom is -0.453 e. The Kier molecular flexibility index (Phi) is 17.6. The van der Waals surface area contributed by atoms with E-state index in [1.807, 2.05) is 22.9 Å². The monoisotopic (exact) mass is 1060 g/mol. The minimum absolute atomic E-state index is 0.231. The third-order valence-corrected chi connectivity index (χ3v) is 13.5. The summed E-state index contributed by atoms with van der Waals surface area (Å²) in [7, 11) is 1.62. The summed E-state index contributed by atoms with van der Waals surface area (Å²) in [6, 6.07) is 12.8. The van der Waals surface area contributed by atoms with E-state index in [-0.39, 0.29) is 12.0 Å². The molecule has 3 saturated heterocycles. The summed E-state index contributed by atoms with van der Waals surface area (Å²) >= 11 is 0. The number of methoxy groups -OCH3 is 2. The Labute approximate surface area is 427 Å². The third-order valence-electron chi connectivity index (χ3n) is 13.5. The molecule has 5 N–H and O–H groups in total. The van der Waals surface area contributed by atoms with Crippen LogP contribution in [0.1, 0.15) is 48.9 Å². The van der Waals surface area contributed by atoms with Gasteiger partial charge in [0, 0.05) is 72.9 Å². The minimum atomic E-state index is -5.42. The van der Waals surface area contributed by atoms with Gasteiger partial charge in [-0.25, -0.2) is 24.0 Å². The van der Waals surface area contributed by atoms with Gasteiger partial charge in [0.25, 0.3) is 5.91 Å². The SMILES string of the molecule is COC(=O)N[C@H](C(=O)NN(Cc1ccc(-c2ccccn2)cc1F)C[C@H](O)[C@H](Cc1ccc(C#Cc2ccc(N3CC4CCC(C3)N4C3COC3)nc2)cc1)NC(=O)[C@@H](NC(=O)OC)C(C)(C)C(F)(F)F)C(F)(F)F. The summed E-state index contributed by atoms with van der Waals surface area (Å²) in [6.07, 6.45) is -10.5. The number of anilines is 1. The molecule has 2 unspecified atom stereocenters. The van der Waals surface area contributed by atoms with Crippen molar-refractivity contribution in [2.45, 2.75) is 94.4 Å². The van der Waals surface area contributed by atoms with Gasteiger partial charge in [-0.3, -0.25) is 24.9 Å². The van der Waals surface area contributed by atoms with Gasteiger partial charge in [0.15, 0.2) is 0 Å². The number of aliphatic hydroxyl groups excluding tert-OH is 1. The molecule has 2 aromatic carbocycles. The van der Waals surface area contributed by atoms with Gasteiger partial charge in [0.2, 0.25) is 11.9 Å². The number of pyridine rings is 2. The zero-order valence-corrected chi connectivity index (χ0v) is 41.2. The maximum Gasteiger partial charge on any atom is 0.417 e. The van der Waals surface area contributed by atoms with Crippen LogP contribution in [-0.2, 0) is 36.8 Å². The van der Waals surface area contributed by atoms with Gasteiger partial charge in [-0.05, 0) is 81.1 Å². The van der Waals surface area contributed by atoms with E-state index in [0.717, 1.165) is 65.2 Å². The molecule has 0 radical (unpaired) electrons. The Morgan fingerprint density at radius 3 is 2.00 bits per heavy atom. The number of hydrogen-bond acceptors (Lipinski definition) is 13. The molecule has 0 spiro atoms. The van der Waals surface area contributed by atoms with Crippen molar-refractivity contribution in [2.75, 3.05) is 52.0 Å². The largest absolute Gasteiger partial charge is 0.453 e. The third kappa shape index (κ3) is 13.8. The van der Waals surface area contributed by atoms with E-state index in [9.17, 15) is 50.6 Å². The maximum absolute atomic E-state index is 15.8. The van der Waals surface area contributed by atoms with Crippen LogP contribution in [0, 0.1) is 23.1 Å². The lowest BCUT2D eigenvalue weighted by molar-refractivity contribution is -0.220. The molecule has 4 aromatic rings. The van der Waals surface area contributed by atoms with E-state index in [2.05, 4.69) is 46.4 Å². The number of carbonyl (C=O) groups excluding carboxylic acids is 4. The number of nitrogens with one attached hydrogen (secondary N) is 4. The van der Waals surface area contributed by atoms with Crippen LogP contribution in [0.5, 0.6) is 0 Å². The molecular formula is C51H56F7N9O8. The second kappa shape index (κ2) is 23.6. The molecule has 2 bridgehead atoms. The Morgan fingerprint density at radius 1 is 0.813 bits per heavy atom. The number of rotatable bonds is 17. The first-order valence-corrected chi connectivity index (χ1v) is 23.8. The van der Waals surface area contributed by atoms with E-state index >= 15 is 4.39 Å². The molecule has 6 atom stereocenters. The van der Waals surface area contributed by atoms with Gasteiger partial charge < -0.3 is 40.2 Å². The Balaban J connectivity index is 1.14. The topological polar surface area (TPSA) is 200 Å². The molecule has 402 valence electrons. The first kappa shape index (κ1) is 55.7. The van der Waals surface area contributed by atoms with Crippen LogP contribution in [0.3, 0.4) is 0 Å². The number of hydrogen-bond donors (Lipinski definition) is 5. The summed E-state index contributed by atoms with van der Waals surface area (Å²) in [5.41, 5.74) is 0.923. The molecule has 3 aliphatic heterocycles. The van der Waals surface area contributed by atoms with Crippen LogP contribution >= 0.6 is 0 Å². The van der Waals surface area contributed by atoms with Gasteiger partial charge >= 0.3 is 24.5 Å². The first-order valence-electron chi connectivity index (χ1n) is 23.8. The summed E-state index contributed by atoms with van der Waals surface area (Å²) in [4.78, 5) is 65.4. The zero-order chi connectivity index (χ0) is 54.2. The second-order valence-electron chi connectivity index (χ2n) is 18.9. The van der Waals surface area contributed by atoms with Crippen LogP contribution in [0.15, 0.2) is 85.2 Å². The smallest absolute Gasteiger partial charge is 0.417 e. The van der Waals surface area contributed by atoms with Gasteiger partial charge in [0.05, 0.1) is 56.7 Å². The predicted octanol–water partition coefficient (Wildman–Crippen LogP) is 5.26. The van der Waals surface area contributed by atoms with Crippen molar-refractivity contribution < 1.29 is 69.2 Å². The zero-order valence-electron chi connectivity index (χ0n) is 41.2. The fourth-order valence-electron chi connectivity index (χ4n) is 9.12. The van der Waals surface area contributed by atoms with Crippen LogP contribution < -0.4 is 26.3 Å². The standard InChI is InChI=1S/C51H56F7N9O8/c1-49(2,51(56,57)58)43(62-47(71)73-3)45(69)61-40(21-31-11-8-30(9-12-31)10-13-32-14-19-42(60-23-32)65-25-35-17-18-36(26-65)67(35)37-28-75-29-37)41(68)27-66(64-46(70)44(50(53,54)55)63-48(72)74-4)24-34-16-15-33(22-38(34)52)39-7-5-6-20-59-39/h5-9,11-12,14-16,19-20,22-23,35-37,40-41,43-44,68H,17-18,21,24-29H2,1-4H3,(H,61,69)(H,62,71)(H,63,72)(H,64,70)/t35?,36?,40-,41-,43+,44+/m0/s1. The number of benzene rings is 2. The molecular weight excluding hydrogens is 1000 g/mol. The molecule has 0 aliphatic carbocycles. The average molecular weight is 1060 g/mol. The molecule has 7 rings (SSSR count). The van der Waals surface area contributed by atoms with Crippen molar-refractivity contribution in [3.8, 4) is 23.1 Å². The highest BCUT2D eigenvalue weighted by molar-refractivity contribution is 5.87. The summed E-state index contributed by atoms with van der Waals surface area (Å²) in [6.45, 7) is 2.87. The van der Waals surface area contributed by atoms with Crippen molar-refractivity contribution in [2.24, 2.45) is 5.41 Å². The number of nitrogens with zero attached hydrogens (tertiary/aromatic N) is 5. The summed E-state index contributed by atoms with van der Waals surface area (Å²) in [5, 5.41) is 18.2. The number of halogens is 7. The van der Waals surface area contributed by atoms with E-state index in [1.54, 1.807) is 48.7 Å². The van der Waals surface area contributed by atoms with E-state index in [1.165, 1.54) is 23.6 Å². The van der Waals surface area contributed by atoms with Crippen molar-refractivity contribution in [3.63, 3.8) is 0 Å². The molecule has 3 aliphatic rings. The van der Waals surface area contributed by atoms with E-state index in [0.29, 0.717) is 64.9 Å². The van der Waals surface area contributed by atoms with Gasteiger partial charge in [-0.2, -0.15) is 26.3 Å². The van der Waals surface area contributed by atoms with E-state index in [4.69, 9.17) is 4.74 Å². The fourth-order valence-corrected chi connectivity index (χ4v) is 9.12. The number of alkyl carbamates (subject to hydrolysis) is 2. The molecule has 17 nitrogen and oxygen atoms in total. The predicted molar refractivity (Wildman–Crippen MR) is 257 cm³/mol. The van der Waals surface area contributed by atoms with Gasteiger partial charge in [-0.15, -0.1) is 0 Å². The van der Waals surface area contributed by atoms with Gasteiger partial charge in [-0.1, -0.05) is 42.2 Å². The Bertz CT molecular complexity index is 2690. The highest BCUT2D eigenvalue weighted by atomic mass is 19.4. The van der Waals surface area contributed by atoms with Crippen molar-refractivity contribution in [1.29, 1.82) is 0 Å². The van der Waals surface area contributed by atoms with Crippen LogP contribution in [0.25, 0.3) is 11.3 Å². The maximum atomic E-state index is 15.8. The Morgan fingerprint density at radius 2 is 1.45 bits per heavy atom. The molecule has 0 saturated carbocycles. The number of amides is 4. The first-order chi connectivity index (χ1) is 35.5. The number of aliphatic hydroxyl groups is 1. The number of alkyl halides is 6. The number of fused-ring (bicyclic) bond motifs is 2. The number of aromatic nitrogens is 2. The van der Waals surface area contributed by atoms with E-state index < -0.39 is 84.9 Å². The highest BCUT2D eigenvalue weighted by Crippen LogP contribution is 2.41. The molecule has 3 fully saturated rings. The van der Waals surface area contributed by atoms with Crippen LogP contribution in [0.2, 0.25) is 0 Å². The van der Waals surface area contributed by atoms with Crippen molar-refractivity contribution in [1.82, 2.24) is 41.3 Å². The van der Waals surface area contributed by atoms with Crippen LogP contribution in [0.4, 0.5) is 46.1 Å². The van der Waals surface area contributed by atoms with Crippen molar-refractivity contribution >= 4 is 29.8 Å². The summed E-state index contributed by atoms with van der Waals surface area (Å²) < 4.78 is 116. The lowest BCUT2D eigenvalue weighted by Gasteiger charge is -2.47. The summed E-state index contributed by atoms with van der Waals surface area (Å²) in [5.74, 6) is 2.67. The quantitative estimate of drug-likeness (QED) is 0.0522. The highest BCUT2D eigenvalue weighted by Gasteiger charge is 2.56. The molecule has 24 heteroatoms. The molecule has 75 heavy (non-hydrogen) atoms. The lowest BCUT2D eigenvalue weighted by Crippen LogP contribution is -2.63.